The summed E-state index contributed by atoms with van der Waals surface area (Å²) >= 11 is 0. The molecule has 4 nitrogen and oxygen atoms in total. The van der Waals surface area contributed by atoms with E-state index >= 15 is 0 Å². The third kappa shape index (κ3) is 4.34. The van der Waals surface area contributed by atoms with Crippen molar-refractivity contribution in [3.8, 4) is 0 Å². The molecule has 1 fully saturated rings. The molecule has 1 aliphatic rings. The molecule has 5 heteroatoms. The first kappa shape index (κ1) is 15.0. The highest BCUT2D eigenvalue weighted by Gasteiger charge is 2.17. The third-order valence-electron chi connectivity index (χ3n) is 3.64. The molecule has 0 unspecified atom stereocenters. The number of carbonyl (C=O) groups excluding carboxylic acids is 1. The summed E-state index contributed by atoms with van der Waals surface area (Å²) in [4.78, 5) is 13.0. The molecule has 1 N–H and O–H groups in total. The summed E-state index contributed by atoms with van der Waals surface area (Å²) in [6.07, 6.45) is 1.92. The number of anilines is 1. The van der Waals surface area contributed by atoms with Gasteiger partial charge in [0.25, 0.3) is 0 Å². The van der Waals surface area contributed by atoms with Crippen molar-refractivity contribution in [2.75, 3.05) is 23.9 Å². The van der Waals surface area contributed by atoms with Gasteiger partial charge in [0.2, 0.25) is 5.91 Å². The first-order valence-corrected chi connectivity index (χ1v) is 8.45. The monoisotopic (exact) mass is 294 g/mol. The molecule has 1 aliphatic heterocycles. The van der Waals surface area contributed by atoms with E-state index in [0.717, 1.165) is 35.6 Å². The highest BCUT2D eigenvalue weighted by Crippen LogP contribution is 2.18. The van der Waals surface area contributed by atoms with Crippen molar-refractivity contribution < 1.29 is 9.00 Å². The minimum absolute atomic E-state index is 0.0677. The van der Waals surface area contributed by atoms with E-state index in [2.05, 4.69) is 11.4 Å². The Balaban J connectivity index is 1.95. The van der Waals surface area contributed by atoms with Crippen LogP contribution in [0.15, 0.2) is 24.3 Å². The predicted molar refractivity (Wildman–Crippen MR) is 83.1 cm³/mol. The quantitative estimate of drug-likeness (QED) is 0.924. The molecule has 0 saturated carbocycles. The number of nitrogens with zero attached hydrogens (tertiary/aromatic N) is 1. The highest BCUT2D eigenvalue weighted by atomic mass is 32.2. The van der Waals surface area contributed by atoms with Crippen molar-refractivity contribution in [2.24, 2.45) is 0 Å². The predicted octanol–water partition coefficient (Wildman–Crippen LogP) is 1.99. The van der Waals surface area contributed by atoms with Gasteiger partial charge in [-0.1, -0.05) is 12.1 Å². The number of nitrogens with one attached hydrogen (secondary N) is 1. The van der Waals surface area contributed by atoms with Crippen LogP contribution in [0.3, 0.4) is 0 Å². The van der Waals surface area contributed by atoms with Gasteiger partial charge >= 0.3 is 0 Å². The Kier molecular flexibility index (Phi) is 5.17. The Hall–Kier alpha value is -1.36. The van der Waals surface area contributed by atoms with Crippen molar-refractivity contribution >= 4 is 22.4 Å². The molecule has 0 atom stereocenters. The fourth-order valence-corrected chi connectivity index (χ4v) is 3.62. The lowest BCUT2D eigenvalue weighted by molar-refractivity contribution is -0.128. The summed E-state index contributed by atoms with van der Waals surface area (Å²) in [5.74, 6) is 1.66. The van der Waals surface area contributed by atoms with Gasteiger partial charge < -0.3 is 10.2 Å². The van der Waals surface area contributed by atoms with Gasteiger partial charge in [0.05, 0.1) is 0 Å². The molecular weight excluding hydrogens is 272 g/mol. The Bertz CT molecular complexity index is 494. The van der Waals surface area contributed by atoms with Crippen LogP contribution in [0.25, 0.3) is 0 Å². The summed E-state index contributed by atoms with van der Waals surface area (Å²) in [5, 5.41) is 3.51. The molecule has 1 aromatic rings. The normalized spacial score (nSPS) is 22.3. The summed E-state index contributed by atoms with van der Waals surface area (Å²) < 4.78 is 11.3. The first-order chi connectivity index (χ1) is 9.54. The molecule has 1 aromatic carbocycles. The highest BCUT2D eigenvalue weighted by molar-refractivity contribution is 7.85. The number of rotatable bonds is 4. The molecule has 1 heterocycles. The van der Waals surface area contributed by atoms with E-state index in [9.17, 15) is 9.00 Å². The number of amides is 1. The molecule has 0 spiro atoms. The number of hydrogen-bond donors (Lipinski definition) is 1. The van der Waals surface area contributed by atoms with Crippen LogP contribution < -0.4 is 5.32 Å². The van der Waals surface area contributed by atoms with Gasteiger partial charge in [-0.05, 0) is 30.5 Å². The summed E-state index contributed by atoms with van der Waals surface area (Å²) in [6.45, 7) is 2.20. The van der Waals surface area contributed by atoms with Gasteiger partial charge in [0, 0.05) is 54.6 Å². The fraction of sp³-hybridized carbons (Fsp3) is 0.533. The fourth-order valence-electron chi connectivity index (χ4n) is 2.32. The van der Waals surface area contributed by atoms with Crippen LogP contribution in [0, 0.1) is 0 Å². The van der Waals surface area contributed by atoms with E-state index in [1.54, 1.807) is 18.9 Å². The van der Waals surface area contributed by atoms with Gasteiger partial charge in [0.1, 0.15) is 0 Å². The first-order valence-electron chi connectivity index (χ1n) is 6.97. The standard InChI is InChI=1S/C15H22N2O2S/c1-12(18)17(2)11-13-4-3-5-15(10-13)16-14-6-8-20(19)9-7-14/h3-5,10,14,16H,6-9,11H2,1-2H3. The lowest BCUT2D eigenvalue weighted by Crippen LogP contribution is -2.29. The van der Waals surface area contributed by atoms with Crippen LogP contribution in [-0.2, 0) is 22.1 Å². The molecule has 1 amide bonds. The average molecular weight is 294 g/mol. The molecule has 0 bridgehead atoms. The van der Waals surface area contributed by atoms with Gasteiger partial charge in [-0.3, -0.25) is 9.00 Å². The number of benzene rings is 1. The zero-order chi connectivity index (χ0) is 14.5. The summed E-state index contributed by atoms with van der Waals surface area (Å²) in [7, 11) is 1.18. The SMILES string of the molecule is CC(=O)N(C)Cc1cccc(NC2CCS(=O)CC2)c1. The van der Waals surface area contributed by atoms with Crippen LogP contribution in [0.2, 0.25) is 0 Å². The van der Waals surface area contributed by atoms with Crippen LogP contribution in [-0.4, -0.2) is 39.6 Å². The zero-order valence-electron chi connectivity index (χ0n) is 12.1. The van der Waals surface area contributed by atoms with Crippen molar-refractivity contribution in [1.82, 2.24) is 4.90 Å². The minimum atomic E-state index is -0.621. The van der Waals surface area contributed by atoms with E-state index < -0.39 is 10.8 Å². The van der Waals surface area contributed by atoms with E-state index in [0.29, 0.717) is 12.6 Å². The Morgan fingerprint density at radius 1 is 1.40 bits per heavy atom. The van der Waals surface area contributed by atoms with E-state index in [1.165, 1.54) is 0 Å². The van der Waals surface area contributed by atoms with E-state index in [4.69, 9.17) is 0 Å². The van der Waals surface area contributed by atoms with Crippen molar-refractivity contribution in [1.29, 1.82) is 0 Å². The van der Waals surface area contributed by atoms with E-state index in [-0.39, 0.29) is 5.91 Å². The second kappa shape index (κ2) is 6.88. The Morgan fingerprint density at radius 2 is 2.10 bits per heavy atom. The smallest absolute Gasteiger partial charge is 0.219 e. The molecule has 0 aliphatic carbocycles. The van der Waals surface area contributed by atoms with Crippen LogP contribution in [0.5, 0.6) is 0 Å². The van der Waals surface area contributed by atoms with Crippen LogP contribution >= 0.6 is 0 Å². The molecule has 0 aromatic heterocycles. The number of hydrogen-bond acceptors (Lipinski definition) is 3. The van der Waals surface area contributed by atoms with Crippen LogP contribution in [0.4, 0.5) is 5.69 Å². The maximum absolute atomic E-state index is 11.3. The topological polar surface area (TPSA) is 49.4 Å². The maximum atomic E-state index is 11.3. The summed E-state index contributed by atoms with van der Waals surface area (Å²) in [6, 6.07) is 8.58. The molecule has 110 valence electrons. The van der Waals surface area contributed by atoms with Crippen LogP contribution in [0.1, 0.15) is 25.3 Å². The van der Waals surface area contributed by atoms with Gasteiger partial charge in [-0.2, -0.15) is 0 Å². The largest absolute Gasteiger partial charge is 0.382 e. The molecular formula is C15H22N2O2S. The van der Waals surface area contributed by atoms with Gasteiger partial charge in [-0.15, -0.1) is 0 Å². The molecule has 2 rings (SSSR count). The van der Waals surface area contributed by atoms with Crippen molar-refractivity contribution in [3.05, 3.63) is 29.8 Å². The Morgan fingerprint density at radius 3 is 2.75 bits per heavy atom. The van der Waals surface area contributed by atoms with Crippen molar-refractivity contribution in [3.63, 3.8) is 0 Å². The third-order valence-corrected chi connectivity index (χ3v) is 5.03. The number of carbonyl (C=O) groups is 1. The van der Waals surface area contributed by atoms with E-state index in [1.807, 2.05) is 18.2 Å². The molecule has 0 radical (unpaired) electrons. The second-order valence-corrected chi connectivity index (χ2v) is 7.04. The average Bonchev–Trinajstić information content (AvgIpc) is 2.42. The van der Waals surface area contributed by atoms with Gasteiger partial charge in [0.15, 0.2) is 0 Å². The lowest BCUT2D eigenvalue weighted by atomic mass is 10.1. The lowest BCUT2D eigenvalue weighted by Gasteiger charge is -2.24. The summed E-state index contributed by atoms with van der Waals surface area (Å²) in [5.41, 5.74) is 2.20. The molecule has 1 saturated heterocycles. The van der Waals surface area contributed by atoms with Gasteiger partial charge in [-0.25, -0.2) is 0 Å². The maximum Gasteiger partial charge on any atom is 0.219 e. The van der Waals surface area contributed by atoms with Crippen molar-refractivity contribution in [2.45, 2.75) is 32.4 Å². The minimum Gasteiger partial charge on any atom is -0.382 e. The molecule has 20 heavy (non-hydrogen) atoms. The second-order valence-electron chi connectivity index (χ2n) is 5.34. The Labute approximate surface area is 123 Å². The zero-order valence-corrected chi connectivity index (χ0v) is 12.9.